The molecule has 2 aliphatic rings. The average Bonchev–Trinajstić information content (AvgIpc) is 3.01. The normalized spacial score (nSPS) is 28.8. The Morgan fingerprint density at radius 2 is 2.29 bits per heavy atom. The zero-order valence-corrected chi connectivity index (χ0v) is 13.2. The van der Waals surface area contributed by atoms with Gasteiger partial charge in [-0.1, -0.05) is 11.8 Å². The average molecular weight is 311 g/mol. The molecule has 0 spiro atoms. The number of aromatic nitrogens is 2. The Hall–Kier alpha value is -1.08. The second-order valence-electron chi connectivity index (χ2n) is 5.79. The molecule has 0 aromatic carbocycles. The van der Waals surface area contributed by atoms with Gasteiger partial charge in [-0.2, -0.15) is 0 Å². The van der Waals surface area contributed by atoms with Gasteiger partial charge in [0, 0.05) is 18.2 Å². The van der Waals surface area contributed by atoms with Crippen LogP contribution in [0.2, 0.25) is 0 Å². The highest BCUT2D eigenvalue weighted by Gasteiger charge is 2.49. The van der Waals surface area contributed by atoms with Crippen molar-refractivity contribution in [3.8, 4) is 0 Å². The molecule has 0 saturated heterocycles. The van der Waals surface area contributed by atoms with Crippen LogP contribution >= 0.6 is 11.8 Å². The van der Waals surface area contributed by atoms with Crippen molar-refractivity contribution in [2.45, 2.75) is 68.0 Å². The number of hydrogen-bond donors (Lipinski definition) is 1. The van der Waals surface area contributed by atoms with Crippen LogP contribution in [0.3, 0.4) is 0 Å². The topological polar surface area (TPSA) is 77.2 Å². The van der Waals surface area contributed by atoms with E-state index in [4.69, 9.17) is 9.15 Å². The smallest absolute Gasteiger partial charge is 0.326 e. The molecule has 1 N–H and O–H groups in total. The Bertz CT molecular complexity index is 517. The van der Waals surface area contributed by atoms with E-state index in [9.17, 15) is 4.79 Å². The number of rotatable bonds is 6. The van der Waals surface area contributed by atoms with Crippen molar-refractivity contribution >= 4 is 17.7 Å². The number of nitrogens with one attached hydrogen (secondary N) is 1. The highest BCUT2D eigenvalue weighted by molar-refractivity contribution is 7.99. The number of aryl methyl sites for hydroxylation is 1. The van der Waals surface area contributed by atoms with Gasteiger partial charge >= 0.3 is 5.97 Å². The largest absolute Gasteiger partial charge is 0.465 e. The molecule has 0 aliphatic heterocycles. The molecule has 0 radical (unpaired) electrons. The van der Waals surface area contributed by atoms with Crippen LogP contribution in [0.25, 0.3) is 0 Å². The van der Waals surface area contributed by atoms with Crippen LogP contribution in [0.15, 0.2) is 9.64 Å². The van der Waals surface area contributed by atoms with Gasteiger partial charge in [0.25, 0.3) is 5.22 Å². The van der Waals surface area contributed by atoms with Gasteiger partial charge in [0.15, 0.2) is 0 Å². The predicted molar refractivity (Wildman–Crippen MR) is 78.1 cm³/mol. The van der Waals surface area contributed by atoms with Gasteiger partial charge < -0.3 is 9.15 Å². The van der Waals surface area contributed by atoms with Gasteiger partial charge in [0.2, 0.25) is 5.89 Å². The number of carbonyl (C=O) groups excluding carboxylic acids is 1. The second-order valence-corrected chi connectivity index (χ2v) is 7.04. The molecular formula is C14H21N3O3S. The summed E-state index contributed by atoms with van der Waals surface area (Å²) in [5.74, 6) is 0.463. The number of carbonyl (C=O) groups is 1. The van der Waals surface area contributed by atoms with Crippen LogP contribution < -0.4 is 5.32 Å². The van der Waals surface area contributed by atoms with Gasteiger partial charge in [-0.05, 0) is 39.0 Å². The molecule has 7 heteroatoms. The second kappa shape index (κ2) is 5.96. The predicted octanol–water partition coefficient (Wildman–Crippen LogP) is 2.08. The first-order valence-corrected chi connectivity index (χ1v) is 8.41. The molecule has 116 valence electrons. The summed E-state index contributed by atoms with van der Waals surface area (Å²) >= 11 is 1.57. The van der Waals surface area contributed by atoms with E-state index < -0.39 is 5.54 Å². The molecule has 2 unspecified atom stereocenters. The Labute approximate surface area is 128 Å². The molecule has 2 fully saturated rings. The van der Waals surface area contributed by atoms with E-state index in [1.807, 2.05) is 6.92 Å². The van der Waals surface area contributed by atoms with E-state index >= 15 is 0 Å². The number of hydrogen-bond acceptors (Lipinski definition) is 7. The molecular weight excluding hydrogens is 290 g/mol. The van der Waals surface area contributed by atoms with E-state index in [0.717, 1.165) is 32.1 Å². The van der Waals surface area contributed by atoms with Crippen LogP contribution in [0, 0.1) is 6.92 Å². The Balaban J connectivity index is 1.66. The van der Waals surface area contributed by atoms with Crippen molar-refractivity contribution in [2.75, 3.05) is 6.61 Å². The van der Waals surface area contributed by atoms with Crippen LogP contribution in [0.1, 0.15) is 44.9 Å². The summed E-state index contributed by atoms with van der Waals surface area (Å²) in [4.78, 5) is 12.4. The van der Waals surface area contributed by atoms with Crippen molar-refractivity contribution in [1.82, 2.24) is 15.5 Å². The van der Waals surface area contributed by atoms with Gasteiger partial charge in [0.1, 0.15) is 5.54 Å². The minimum Gasteiger partial charge on any atom is -0.465 e. The molecule has 1 aromatic heterocycles. The highest BCUT2D eigenvalue weighted by atomic mass is 32.2. The molecule has 1 heterocycles. The lowest BCUT2D eigenvalue weighted by atomic mass is 9.97. The van der Waals surface area contributed by atoms with Crippen LogP contribution in [-0.2, 0) is 9.53 Å². The summed E-state index contributed by atoms with van der Waals surface area (Å²) in [5.41, 5.74) is -0.524. The first-order chi connectivity index (χ1) is 10.1. The summed E-state index contributed by atoms with van der Waals surface area (Å²) in [6, 6.07) is 0.476. The van der Waals surface area contributed by atoms with Crippen LogP contribution in [-0.4, -0.2) is 39.6 Å². The van der Waals surface area contributed by atoms with Gasteiger partial charge in [-0.3, -0.25) is 10.1 Å². The molecule has 3 rings (SSSR count). The summed E-state index contributed by atoms with van der Waals surface area (Å²) < 4.78 is 10.7. The van der Waals surface area contributed by atoms with Crippen molar-refractivity contribution in [2.24, 2.45) is 0 Å². The number of ether oxygens (including phenoxy) is 1. The zero-order valence-electron chi connectivity index (χ0n) is 12.4. The fourth-order valence-electron chi connectivity index (χ4n) is 2.83. The third kappa shape index (κ3) is 3.40. The summed E-state index contributed by atoms with van der Waals surface area (Å²) in [6.07, 6.45) is 4.83. The fourth-order valence-corrected chi connectivity index (χ4v) is 3.98. The molecule has 21 heavy (non-hydrogen) atoms. The van der Waals surface area contributed by atoms with E-state index in [1.54, 1.807) is 18.7 Å². The van der Waals surface area contributed by atoms with Crippen molar-refractivity contribution in [3.63, 3.8) is 0 Å². The lowest BCUT2D eigenvalue weighted by molar-refractivity contribution is -0.151. The summed E-state index contributed by atoms with van der Waals surface area (Å²) in [7, 11) is 0. The van der Waals surface area contributed by atoms with Crippen molar-refractivity contribution in [3.05, 3.63) is 5.89 Å². The quantitative estimate of drug-likeness (QED) is 0.806. The third-order valence-corrected chi connectivity index (χ3v) is 5.07. The highest BCUT2D eigenvalue weighted by Crippen LogP contribution is 2.42. The van der Waals surface area contributed by atoms with Crippen LogP contribution in [0.4, 0.5) is 0 Å². The Morgan fingerprint density at radius 3 is 2.90 bits per heavy atom. The summed E-state index contributed by atoms with van der Waals surface area (Å²) in [5, 5.41) is 12.3. The van der Waals surface area contributed by atoms with Crippen molar-refractivity contribution in [1.29, 1.82) is 0 Å². The Morgan fingerprint density at radius 1 is 1.48 bits per heavy atom. The van der Waals surface area contributed by atoms with E-state index in [2.05, 4.69) is 15.5 Å². The summed E-state index contributed by atoms with van der Waals surface area (Å²) in [6.45, 7) is 4.06. The molecule has 0 amide bonds. The fraction of sp³-hybridized carbons (Fsp3) is 0.786. The number of nitrogens with zero attached hydrogens (tertiary/aromatic N) is 2. The minimum absolute atomic E-state index is 0.110. The maximum Gasteiger partial charge on any atom is 0.326 e. The van der Waals surface area contributed by atoms with Crippen molar-refractivity contribution < 1.29 is 13.9 Å². The molecule has 2 atom stereocenters. The zero-order chi connectivity index (χ0) is 14.9. The Kier molecular flexibility index (Phi) is 4.21. The molecule has 2 saturated carbocycles. The molecule has 6 nitrogen and oxygen atoms in total. The van der Waals surface area contributed by atoms with Gasteiger partial charge in [-0.15, -0.1) is 10.2 Å². The number of thioether (sulfide) groups is 1. The number of esters is 1. The minimum atomic E-state index is -0.524. The molecule has 1 aromatic rings. The third-order valence-electron chi connectivity index (χ3n) is 3.97. The maximum absolute atomic E-state index is 12.4. The lowest BCUT2D eigenvalue weighted by Crippen LogP contribution is -2.52. The first kappa shape index (κ1) is 14.8. The first-order valence-electron chi connectivity index (χ1n) is 7.53. The SMILES string of the molecule is CCOC(=O)C1(NC2CC2)CCC(Sc2nnc(C)o2)C1. The van der Waals surface area contributed by atoms with E-state index in [-0.39, 0.29) is 5.97 Å². The molecule has 0 bridgehead atoms. The van der Waals surface area contributed by atoms with Gasteiger partial charge in [0.05, 0.1) is 6.61 Å². The van der Waals surface area contributed by atoms with Gasteiger partial charge in [-0.25, -0.2) is 0 Å². The van der Waals surface area contributed by atoms with E-state index in [0.29, 0.717) is 29.0 Å². The maximum atomic E-state index is 12.4. The standard InChI is InChI=1S/C14H21N3O3S/c1-3-19-12(18)14(15-10-4-5-10)7-6-11(8-14)21-13-17-16-9(2)20-13/h10-11,15H,3-8H2,1-2H3. The lowest BCUT2D eigenvalue weighted by Gasteiger charge is -2.28. The van der Waals surface area contributed by atoms with Crippen LogP contribution in [0.5, 0.6) is 0 Å². The van der Waals surface area contributed by atoms with E-state index in [1.165, 1.54) is 0 Å². The monoisotopic (exact) mass is 311 g/mol. The molecule has 2 aliphatic carbocycles.